The lowest BCUT2D eigenvalue weighted by molar-refractivity contribution is -0.115. The number of nitrogens with zero attached hydrogens (tertiary/aromatic N) is 2. The monoisotopic (exact) mass is 410 g/mol. The molecule has 0 saturated heterocycles. The van der Waals surface area contributed by atoms with Crippen LogP contribution in [-0.2, 0) is 9.59 Å². The lowest BCUT2D eigenvalue weighted by Crippen LogP contribution is -2.25. The first-order valence-electron chi connectivity index (χ1n) is 9.11. The normalized spacial score (nSPS) is 11.7. The zero-order valence-corrected chi connectivity index (χ0v) is 17.2. The first-order valence-corrected chi connectivity index (χ1v) is 10.2. The Balaban J connectivity index is 1.56. The van der Waals surface area contributed by atoms with Crippen LogP contribution in [0.2, 0.25) is 0 Å². The van der Waals surface area contributed by atoms with Crippen LogP contribution < -0.4 is 10.6 Å². The lowest BCUT2D eigenvalue weighted by Gasteiger charge is -2.14. The van der Waals surface area contributed by atoms with E-state index in [2.05, 4.69) is 20.8 Å². The summed E-state index contributed by atoms with van der Waals surface area (Å²) in [5, 5.41) is 9.20. The fraction of sp³-hybridized carbons (Fsp3) is 0.238. The highest BCUT2D eigenvalue weighted by molar-refractivity contribution is 8.01. The van der Waals surface area contributed by atoms with Crippen molar-refractivity contribution in [1.82, 2.24) is 10.1 Å². The predicted molar refractivity (Wildman–Crippen MR) is 115 cm³/mol. The second-order valence-electron chi connectivity index (χ2n) is 6.54. The highest BCUT2D eigenvalue weighted by atomic mass is 32.2. The van der Waals surface area contributed by atoms with Crippen molar-refractivity contribution >= 4 is 35.0 Å². The van der Waals surface area contributed by atoms with E-state index in [1.807, 2.05) is 49.4 Å². The molecule has 0 spiro atoms. The number of aryl methyl sites for hydroxylation is 2. The van der Waals surface area contributed by atoms with Crippen molar-refractivity contribution in [3.63, 3.8) is 0 Å². The van der Waals surface area contributed by atoms with Crippen molar-refractivity contribution in [3.8, 4) is 11.4 Å². The fourth-order valence-electron chi connectivity index (χ4n) is 2.54. The quantitative estimate of drug-likeness (QED) is 0.610. The topological polar surface area (TPSA) is 97.1 Å². The summed E-state index contributed by atoms with van der Waals surface area (Å²) in [4.78, 5) is 28.9. The van der Waals surface area contributed by atoms with Gasteiger partial charge in [-0.1, -0.05) is 35.0 Å². The summed E-state index contributed by atoms with van der Waals surface area (Å²) in [6.45, 7) is 5.46. The number of hydrogen-bond donors (Lipinski definition) is 2. The molecule has 0 saturated carbocycles. The van der Waals surface area contributed by atoms with Crippen LogP contribution in [-0.4, -0.2) is 33.0 Å². The number of carbonyl (C=O) groups excluding carboxylic acids is 2. The molecule has 1 unspecified atom stereocenters. The van der Waals surface area contributed by atoms with Crippen molar-refractivity contribution in [2.24, 2.45) is 0 Å². The molecule has 150 valence electrons. The van der Waals surface area contributed by atoms with Crippen molar-refractivity contribution in [1.29, 1.82) is 0 Å². The number of amides is 2. The van der Waals surface area contributed by atoms with Crippen LogP contribution >= 0.6 is 11.8 Å². The number of nitrogens with one attached hydrogen (secondary N) is 2. The smallest absolute Gasteiger partial charge is 0.237 e. The Labute approximate surface area is 173 Å². The van der Waals surface area contributed by atoms with Gasteiger partial charge in [-0.05, 0) is 38.1 Å². The van der Waals surface area contributed by atoms with E-state index in [9.17, 15) is 9.59 Å². The van der Waals surface area contributed by atoms with E-state index in [0.29, 0.717) is 23.0 Å². The number of aromatic nitrogens is 2. The number of hydrogen-bond acceptors (Lipinski definition) is 6. The molecule has 3 rings (SSSR count). The molecule has 1 heterocycles. The summed E-state index contributed by atoms with van der Waals surface area (Å²) in [6, 6.07) is 14.8. The van der Waals surface area contributed by atoms with Crippen molar-refractivity contribution in [3.05, 3.63) is 60.0 Å². The molecule has 3 aromatic rings. The molecular weight excluding hydrogens is 388 g/mol. The van der Waals surface area contributed by atoms with E-state index in [-0.39, 0.29) is 17.6 Å². The third-order valence-electron chi connectivity index (χ3n) is 4.12. The molecular formula is C21H22N4O3S. The number of para-hydroxylation sites is 1. The maximum atomic E-state index is 12.6. The number of anilines is 2. The van der Waals surface area contributed by atoms with Crippen LogP contribution in [0.5, 0.6) is 0 Å². The third kappa shape index (κ3) is 5.68. The zero-order valence-electron chi connectivity index (χ0n) is 16.4. The summed E-state index contributed by atoms with van der Waals surface area (Å²) in [7, 11) is 0. The minimum atomic E-state index is -0.418. The Kier molecular flexibility index (Phi) is 6.66. The fourth-order valence-corrected chi connectivity index (χ4v) is 3.22. The van der Waals surface area contributed by atoms with Gasteiger partial charge in [0, 0.05) is 18.2 Å². The molecule has 2 aromatic carbocycles. The minimum Gasteiger partial charge on any atom is -0.339 e. The minimum absolute atomic E-state index is 0.152. The molecule has 2 amide bonds. The Morgan fingerprint density at radius 1 is 1.07 bits per heavy atom. The molecule has 0 aliphatic rings. The van der Waals surface area contributed by atoms with Gasteiger partial charge in [0.2, 0.25) is 23.5 Å². The molecule has 1 atom stereocenters. The first-order chi connectivity index (χ1) is 13.9. The molecule has 0 aliphatic heterocycles. The molecule has 7 nitrogen and oxygen atoms in total. The summed E-state index contributed by atoms with van der Waals surface area (Å²) < 4.78 is 5.02. The molecule has 29 heavy (non-hydrogen) atoms. The molecule has 0 bridgehead atoms. The highest BCUT2D eigenvalue weighted by Crippen LogP contribution is 2.26. The van der Waals surface area contributed by atoms with Gasteiger partial charge in [-0.15, -0.1) is 11.8 Å². The van der Waals surface area contributed by atoms with Crippen LogP contribution in [0.4, 0.5) is 11.4 Å². The number of benzene rings is 2. The molecule has 0 fully saturated rings. The molecule has 0 aliphatic carbocycles. The number of thioether (sulfide) groups is 1. The summed E-state index contributed by atoms with van der Waals surface area (Å²) >= 11 is 1.27. The largest absolute Gasteiger partial charge is 0.339 e. The Hall–Kier alpha value is -3.13. The maximum Gasteiger partial charge on any atom is 0.237 e. The number of carbonyl (C=O) groups is 2. The van der Waals surface area contributed by atoms with E-state index in [4.69, 9.17) is 4.52 Å². The lowest BCUT2D eigenvalue weighted by atomic mass is 10.1. The predicted octanol–water partition coefficient (Wildman–Crippen LogP) is 4.05. The number of rotatable bonds is 7. The first kappa shape index (κ1) is 20.6. The molecule has 1 aromatic heterocycles. The average molecular weight is 410 g/mol. The van der Waals surface area contributed by atoms with E-state index in [0.717, 1.165) is 11.3 Å². The van der Waals surface area contributed by atoms with Crippen LogP contribution in [0.25, 0.3) is 11.4 Å². The second kappa shape index (κ2) is 9.38. The summed E-state index contributed by atoms with van der Waals surface area (Å²) in [5.41, 5.74) is 3.13. The van der Waals surface area contributed by atoms with Crippen molar-refractivity contribution in [2.75, 3.05) is 16.4 Å². The molecule has 8 heteroatoms. The third-order valence-corrected chi connectivity index (χ3v) is 5.27. The van der Waals surface area contributed by atoms with Gasteiger partial charge in [0.1, 0.15) is 0 Å². The SMILES string of the molecule is Cc1ccc(NC(=O)CSC(C)C(=O)Nc2ccccc2-c2noc(C)n2)cc1. The van der Waals surface area contributed by atoms with Crippen LogP contribution in [0.15, 0.2) is 53.1 Å². The van der Waals surface area contributed by atoms with Gasteiger partial charge in [-0.2, -0.15) is 4.98 Å². The Bertz CT molecular complexity index is 1000. The van der Waals surface area contributed by atoms with Gasteiger partial charge in [-0.3, -0.25) is 9.59 Å². The van der Waals surface area contributed by atoms with E-state index < -0.39 is 5.25 Å². The highest BCUT2D eigenvalue weighted by Gasteiger charge is 2.18. The van der Waals surface area contributed by atoms with Crippen LogP contribution in [0, 0.1) is 13.8 Å². The van der Waals surface area contributed by atoms with Gasteiger partial charge in [0.25, 0.3) is 0 Å². The van der Waals surface area contributed by atoms with Crippen molar-refractivity contribution in [2.45, 2.75) is 26.0 Å². The zero-order chi connectivity index (χ0) is 20.8. The van der Waals surface area contributed by atoms with E-state index in [1.54, 1.807) is 19.9 Å². The van der Waals surface area contributed by atoms with E-state index >= 15 is 0 Å². The van der Waals surface area contributed by atoms with Gasteiger partial charge in [0.15, 0.2) is 0 Å². The van der Waals surface area contributed by atoms with Crippen LogP contribution in [0.1, 0.15) is 18.4 Å². The average Bonchev–Trinajstić information content (AvgIpc) is 3.14. The van der Waals surface area contributed by atoms with Gasteiger partial charge in [0.05, 0.1) is 16.7 Å². The maximum absolute atomic E-state index is 12.6. The second-order valence-corrected chi connectivity index (χ2v) is 7.87. The Morgan fingerprint density at radius 2 is 1.79 bits per heavy atom. The van der Waals surface area contributed by atoms with Crippen LogP contribution in [0.3, 0.4) is 0 Å². The Morgan fingerprint density at radius 3 is 2.48 bits per heavy atom. The summed E-state index contributed by atoms with van der Waals surface area (Å²) in [6.07, 6.45) is 0. The van der Waals surface area contributed by atoms with Gasteiger partial charge < -0.3 is 15.2 Å². The van der Waals surface area contributed by atoms with Gasteiger partial charge in [-0.25, -0.2) is 0 Å². The van der Waals surface area contributed by atoms with Gasteiger partial charge >= 0.3 is 0 Å². The van der Waals surface area contributed by atoms with E-state index in [1.165, 1.54) is 11.8 Å². The van der Waals surface area contributed by atoms with Crippen molar-refractivity contribution < 1.29 is 14.1 Å². The summed E-state index contributed by atoms with van der Waals surface area (Å²) in [5.74, 6) is 0.682. The standard InChI is InChI=1S/C21H22N4O3S/c1-13-8-10-16(11-9-13)23-19(26)12-29-14(2)21(27)24-18-7-5-4-6-17(18)20-22-15(3)28-25-20/h4-11,14H,12H2,1-3H3,(H,23,26)(H,24,27). The molecule has 2 N–H and O–H groups in total. The molecule has 0 radical (unpaired) electrons.